The summed E-state index contributed by atoms with van der Waals surface area (Å²) in [5, 5.41) is 4.61. The van der Waals surface area contributed by atoms with E-state index in [-0.39, 0.29) is 6.54 Å². The topological polar surface area (TPSA) is 68.2 Å². The van der Waals surface area contributed by atoms with Crippen LogP contribution >= 0.6 is 11.8 Å². The fourth-order valence-electron chi connectivity index (χ4n) is 2.32. The molecular formula is C14H18N4OS. The standard InChI is InChI=1S/C14H18N4OS/c1-10-6-7-18(9-13-16-14(8-15)19-17-13)11-4-2-3-5-12(11)20-10/h2-5,10H,6-9,15H2,1H3. The van der Waals surface area contributed by atoms with Crippen LogP contribution in [0.25, 0.3) is 0 Å². The van der Waals surface area contributed by atoms with Gasteiger partial charge >= 0.3 is 0 Å². The largest absolute Gasteiger partial charge is 0.363 e. The molecule has 2 N–H and O–H groups in total. The third kappa shape index (κ3) is 2.81. The molecule has 1 aromatic heterocycles. The quantitative estimate of drug-likeness (QED) is 0.936. The molecule has 5 nitrogen and oxygen atoms in total. The van der Waals surface area contributed by atoms with E-state index in [2.05, 4.69) is 46.2 Å². The predicted molar refractivity (Wildman–Crippen MR) is 79.6 cm³/mol. The molecule has 0 fully saturated rings. The van der Waals surface area contributed by atoms with E-state index >= 15 is 0 Å². The molecule has 0 saturated carbocycles. The Kier molecular flexibility index (Phi) is 3.93. The van der Waals surface area contributed by atoms with Crippen molar-refractivity contribution in [3.63, 3.8) is 0 Å². The molecule has 106 valence electrons. The highest BCUT2D eigenvalue weighted by atomic mass is 32.2. The lowest BCUT2D eigenvalue weighted by molar-refractivity contribution is 0.374. The number of anilines is 1. The van der Waals surface area contributed by atoms with Crippen molar-refractivity contribution in [1.82, 2.24) is 10.1 Å². The summed E-state index contributed by atoms with van der Waals surface area (Å²) in [5.41, 5.74) is 6.75. The first-order valence-corrected chi connectivity index (χ1v) is 7.66. The van der Waals surface area contributed by atoms with Gasteiger partial charge in [-0.1, -0.05) is 24.2 Å². The van der Waals surface area contributed by atoms with Gasteiger partial charge in [-0.05, 0) is 18.6 Å². The van der Waals surface area contributed by atoms with Crippen LogP contribution in [-0.4, -0.2) is 21.9 Å². The Bertz CT molecular complexity index is 586. The van der Waals surface area contributed by atoms with Gasteiger partial charge in [0.1, 0.15) is 0 Å². The number of nitrogens with two attached hydrogens (primary N) is 1. The van der Waals surface area contributed by atoms with Crippen molar-refractivity contribution in [2.45, 2.75) is 36.6 Å². The Morgan fingerprint density at radius 2 is 2.30 bits per heavy atom. The zero-order valence-corrected chi connectivity index (χ0v) is 12.3. The molecule has 2 aromatic rings. The second-order valence-corrected chi connectivity index (χ2v) is 6.40. The molecule has 0 aliphatic carbocycles. The highest BCUT2D eigenvalue weighted by molar-refractivity contribution is 8.00. The zero-order valence-electron chi connectivity index (χ0n) is 11.5. The maximum absolute atomic E-state index is 5.50. The molecular weight excluding hydrogens is 272 g/mol. The minimum absolute atomic E-state index is 0.288. The molecule has 2 heterocycles. The fourth-order valence-corrected chi connectivity index (χ4v) is 3.46. The van der Waals surface area contributed by atoms with Crippen LogP contribution in [0, 0.1) is 0 Å². The molecule has 0 bridgehead atoms. The van der Waals surface area contributed by atoms with Gasteiger partial charge in [0, 0.05) is 16.7 Å². The molecule has 1 unspecified atom stereocenters. The first-order chi connectivity index (χ1) is 9.76. The number of thioether (sulfide) groups is 1. The van der Waals surface area contributed by atoms with Crippen molar-refractivity contribution in [1.29, 1.82) is 0 Å². The predicted octanol–water partition coefficient (Wildman–Crippen LogP) is 2.42. The molecule has 6 heteroatoms. The van der Waals surface area contributed by atoms with Crippen molar-refractivity contribution in [3.8, 4) is 0 Å². The van der Waals surface area contributed by atoms with Gasteiger partial charge in [-0.3, -0.25) is 0 Å². The monoisotopic (exact) mass is 290 g/mol. The average Bonchev–Trinajstić information content (AvgIpc) is 2.85. The third-order valence-corrected chi connectivity index (χ3v) is 4.59. The minimum atomic E-state index is 0.288. The van der Waals surface area contributed by atoms with Gasteiger partial charge < -0.3 is 15.2 Å². The van der Waals surface area contributed by atoms with Crippen LogP contribution in [0.3, 0.4) is 0 Å². The van der Waals surface area contributed by atoms with Crippen LogP contribution in [0.4, 0.5) is 5.69 Å². The zero-order chi connectivity index (χ0) is 13.9. The van der Waals surface area contributed by atoms with Gasteiger partial charge in [0.05, 0.1) is 18.8 Å². The van der Waals surface area contributed by atoms with Crippen molar-refractivity contribution in [2.75, 3.05) is 11.4 Å². The summed E-state index contributed by atoms with van der Waals surface area (Å²) in [4.78, 5) is 7.93. The minimum Gasteiger partial charge on any atom is -0.363 e. The van der Waals surface area contributed by atoms with Gasteiger partial charge in [-0.25, -0.2) is 0 Å². The molecule has 0 spiro atoms. The summed E-state index contributed by atoms with van der Waals surface area (Å²) >= 11 is 1.93. The van der Waals surface area contributed by atoms with E-state index in [0.29, 0.717) is 23.5 Å². The molecule has 0 saturated heterocycles. The number of hydrogen-bond acceptors (Lipinski definition) is 6. The molecule has 0 radical (unpaired) electrons. The van der Waals surface area contributed by atoms with Crippen LogP contribution < -0.4 is 10.6 Å². The second kappa shape index (κ2) is 5.85. The summed E-state index contributed by atoms with van der Waals surface area (Å²) in [6.45, 7) is 4.22. The average molecular weight is 290 g/mol. The Balaban J connectivity index is 1.85. The molecule has 3 rings (SSSR count). The summed E-state index contributed by atoms with van der Waals surface area (Å²) in [7, 11) is 0. The Labute approximate surface area is 122 Å². The van der Waals surface area contributed by atoms with E-state index in [1.54, 1.807) is 0 Å². The van der Waals surface area contributed by atoms with E-state index in [0.717, 1.165) is 13.0 Å². The Morgan fingerprint density at radius 3 is 3.10 bits per heavy atom. The van der Waals surface area contributed by atoms with Gasteiger partial charge in [0.25, 0.3) is 0 Å². The van der Waals surface area contributed by atoms with Gasteiger partial charge in [0.15, 0.2) is 5.82 Å². The first-order valence-electron chi connectivity index (χ1n) is 6.78. The molecule has 0 amide bonds. The molecule has 1 atom stereocenters. The highest BCUT2D eigenvalue weighted by Gasteiger charge is 2.20. The summed E-state index contributed by atoms with van der Waals surface area (Å²) < 4.78 is 5.08. The van der Waals surface area contributed by atoms with E-state index in [1.165, 1.54) is 10.6 Å². The lowest BCUT2D eigenvalue weighted by atomic mass is 10.2. The normalized spacial score (nSPS) is 18.7. The highest BCUT2D eigenvalue weighted by Crippen LogP contribution is 2.37. The number of para-hydroxylation sites is 1. The van der Waals surface area contributed by atoms with Crippen LogP contribution in [0.2, 0.25) is 0 Å². The number of rotatable bonds is 3. The summed E-state index contributed by atoms with van der Waals surface area (Å²) in [6.07, 6.45) is 1.14. The Morgan fingerprint density at radius 1 is 1.45 bits per heavy atom. The van der Waals surface area contributed by atoms with Gasteiger partial charge in [-0.15, -0.1) is 11.8 Å². The molecule has 1 aromatic carbocycles. The van der Waals surface area contributed by atoms with E-state index in [9.17, 15) is 0 Å². The lowest BCUT2D eigenvalue weighted by Crippen LogP contribution is -2.25. The SMILES string of the molecule is CC1CCN(Cc2noc(CN)n2)c2ccccc2S1. The van der Waals surface area contributed by atoms with E-state index < -0.39 is 0 Å². The smallest absolute Gasteiger partial charge is 0.240 e. The van der Waals surface area contributed by atoms with Gasteiger partial charge in [0.2, 0.25) is 5.89 Å². The van der Waals surface area contributed by atoms with Crippen LogP contribution in [0.15, 0.2) is 33.7 Å². The van der Waals surface area contributed by atoms with Crippen molar-refractivity contribution >= 4 is 17.4 Å². The fraction of sp³-hybridized carbons (Fsp3) is 0.429. The second-order valence-electron chi connectivity index (χ2n) is 4.91. The molecule has 1 aliphatic heterocycles. The van der Waals surface area contributed by atoms with Crippen LogP contribution in [0.1, 0.15) is 25.1 Å². The summed E-state index contributed by atoms with van der Waals surface area (Å²) in [5.74, 6) is 1.19. The number of benzene rings is 1. The lowest BCUT2D eigenvalue weighted by Gasteiger charge is -2.22. The number of nitrogens with zero attached hydrogens (tertiary/aromatic N) is 3. The van der Waals surface area contributed by atoms with Crippen molar-refractivity contribution < 1.29 is 4.52 Å². The van der Waals surface area contributed by atoms with Crippen LogP contribution in [-0.2, 0) is 13.1 Å². The third-order valence-electron chi connectivity index (χ3n) is 3.36. The number of hydrogen-bond donors (Lipinski definition) is 1. The van der Waals surface area contributed by atoms with Crippen molar-refractivity contribution in [3.05, 3.63) is 36.0 Å². The van der Waals surface area contributed by atoms with Crippen molar-refractivity contribution in [2.24, 2.45) is 5.73 Å². The number of fused-ring (bicyclic) bond motifs is 1. The molecule has 1 aliphatic rings. The molecule has 20 heavy (non-hydrogen) atoms. The first kappa shape index (κ1) is 13.5. The van der Waals surface area contributed by atoms with E-state index in [1.807, 2.05) is 11.8 Å². The Hall–Kier alpha value is -1.53. The summed E-state index contributed by atoms with van der Waals surface area (Å²) in [6, 6.07) is 8.49. The van der Waals surface area contributed by atoms with E-state index in [4.69, 9.17) is 10.3 Å². The van der Waals surface area contributed by atoms with Gasteiger partial charge in [-0.2, -0.15) is 4.98 Å². The maximum atomic E-state index is 5.50. The maximum Gasteiger partial charge on any atom is 0.240 e. The number of aromatic nitrogens is 2. The van der Waals surface area contributed by atoms with Crippen LogP contribution in [0.5, 0.6) is 0 Å².